The van der Waals surface area contributed by atoms with E-state index in [9.17, 15) is 13.6 Å². The fourth-order valence-electron chi connectivity index (χ4n) is 0.850. The van der Waals surface area contributed by atoms with E-state index in [-0.39, 0.29) is 10.8 Å². The van der Waals surface area contributed by atoms with E-state index in [0.29, 0.717) is 12.1 Å². The molecule has 1 rings (SSSR count). The van der Waals surface area contributed by atoms with Gasteiger partial charge in [-0.15, -0.1) is 0 Å². The van der Waals surface area contributed by atoms with Gasteiger partial charge in [0, 0.05) is 5.69 Å². The highest BCUT2D eigenvalue weighted by Gasteiger charge is 2.08. The predicted octanol–water partition coefficient (Wildman–Crippen LogP) is 2.51. The Labute approximate surface area is 83.6 Å². The molecule has 14 heavy (non-hydrogen) atoms. The summed E-state index contributed by atoms with van der Waals surface area (Å²) in [5.41, 5.74) is 0.409. The summed E-state index contributed by atoms with van der Waals surface area (Å²) in [6.45, 7) is -2.92. The minimum Gasteiger partial charge on any atom is -0.433 e. The third kappa shape index (κ3) is 2.85. The molecule has 0 aliphatic rings. The molecule has 1 amide bonds. The van der Waals surface area contributed by atoms with Crippen molar-refractivity contribution in [3.05, 3.63) is 23.2 Å². The van der Waals surface area contributed by atoms with Crippen LogP contribution in [0.2, 0.25) is 5.02 Å². The highest BCUT2D eigenvalue weighted by molar-refractivity contribution is 6.32. The van der Waals surface area contributed by atoms with Gasteiger partial charge in [-0.05, 0) is 18.2 Å². The van der Waals surface area contributed by atoms with Crippen LogP contribution < -0.4 is 10.1 Å². The molecule has 1 aromatic carbocycles. The molecule has 0 saturated heterocycles. The summed E-state index contributed by atoms with van der Waals surface area (Å²) in [6.07, 6.45) is 0.458. The number of anilines is 1. The smallest absolute Gasteiger partial charge is 0.387 e. The van der Waals surface area contributed by atoms with Crippen LogP contribution in [0.5, 0.6) is 5.75 Å². The van der Waals surface area contributed by atoms with Gasteiger partial charge in [0.15, 0.2) is 0 Å². The number of hydrogen-bond acceptors (Lipinski definition) is 2. The summed E-state index contributed by atoms with van der Waals surface area (Å²) >= 11 is 5.59. The SMILES string of the molecule is O=CNc1ccc(OC(F)F)c(Cl)c1. The first-order valence-electron chi connectivity index (χ1n) is 3.58. The molecular weight excluding hydrogens is 216 g/mol. The number of ether oxygens (including phenoxy) is 1. The average Bonchev–Trinajstić information content (AvgIpc) is 2.10. The number of nitrogens with one attached hydrogen (secondary N) is 1. The summed E-state index contributed by atoms with van der Waals surface area (Å²) in [5.74, 6) is -0.127. The standard InChI is InChI=1S/C8H6ClF2NO2/c9-6-3-5(12-4-13)1-2-7(6)14-8(10)11/h1-4,8H,(H,12,13). The lowest BCUT2D eigenvalue weighted by molar-refractivity contribution is -0.105. The molecule has 0 heterocycles. The minimum atomic E-state index is -2.92. The zero-order chi connectivity index (χ0) is 10.6. The average molecular weight is 222 g/mol. The molecule has 3 nitrogen and oxygen atoms in total. The lowest BCUT2D eigenvalue weighted by Crippen LogP contribution is -2.02. The summed E-state index contributed by atoms with van der Waals surface area (Å²) in [4.78, 5) is 10.0. The maximum Gasteiger partial charge on any atom is 0.387 e. The maximum atomic E-state index is 11.8. The van der Waals surface area contributed by atoms with Gasteiger partial charge in [-0.25, -0.2) is 0 Å². The zero-order valence-electron chi connectivity index (χ0n) is 6.84. The molecule has 0 aliphatic carbocycles. The molecule has 0 aromatic heterocycles. The minimum absolute atomic E-state index is 0.0113. The van der Waals surface area contributed by atoms with Crippen LogP contribution in [0.1, 0.15) is 0 Å². The Kier molecular flexibility index (Phi) is 3.64. The number of halogens is 3. The second-order valence-electron chi connectivity index (χ2n) is 2.29. The summed E-state index contributed by atoms with van der Waals surface area (Å²) < 4.78 is 27.7. The normalized spacial score (nSPS) is 10.0. The van der Waals surface area contributed by atoms with Gasteiger partial charge in [-0.2, -0.15) is 8.78 Å². The first kappa shape index (κ1) is 10.7. The van der Waals surface area contributed by atoms with E-state index in [0.717, 1.165) is 0 Å². The fraction of sp³-hybridized carbons (Fsp3) is 0.125. The molecular formula is C8H6ClF2NO2. The van der Waals surface area contributed by atoms with E-state index in [4.69, 9.17) is 11.6 Å². The van der Waals surface area contributed by atoms with Gasteiger partial charge in [0.25, 0.3) is 0 Å². The van der Waals surface area contributed by atoms with Gasteiger partial charge >= 0.3 is 6.61 Å². The van der Waals surface area contributed by atoms with Crippen molar-refractivity contribution in [1.82, 2.24) is 0 Å². The Bertz CT molecular complexity index is 333. The second-order valence-corrected chi connectivity index (χ2v) is 2.69. The van der Waals surface area contributed by atoms with Gasteiger partial charge in [0.2, 0.25) is 6.41 Å². The Hall–Kier alpha value is -1.36. The Morgan fingerprint density at radius 3 is 2.71 bits per heavy atom. The van der Waals surface area contributed by atoms with Gasteiger partial charge in [-0.3, -0.25) is 4.79 Å². The van der Waals surface area contributed by atoms with Crippen molar-refractivity contribution in [1.29, 1.82) is 0 Å². The molecule has 0 atom stereocenters. The van der Waals surface area contributed by atoms with Crippen LogP contribution in [0, 0.1) is 0 Å². The number of carbonyl (C=O) groups excluding carboxylic acids is 1. The Morgan fingerprint density at radius 2 is 2.21 bits per heavy atom. The molecule has 1 N–H and O–H groups in total. The summed E-state index contributed by atoms with van der Waals surface area (Å²) in [5, 5.41) is 2.33. The molecule has 76 valence electrons. The molecule has 1 aromatic rings. The molecule has 6 heteroatoms. The molecule has 0 radical (unpaired) electrons. The summed E-state index contributed by atoms with van der Waals surface area (Å²) in [6, 6.07) is 3.96. The number of hydrogen-bond donors (Lipinski definition) is 1. The van der Waals surface area contributed by atoms with Crippen molar-refractivity contribution in [3.8, 4) is 5.75 Å². The van der Waals surface area contributed by atoms with Crippen molar-refractivity contribution in [3.63, 3.8) is 0 Å². The first-order valence-corrected chi connectivity index (χ1v) is 3.96. The number of amides is 1. The van der Waals surface area contributed by atoms with Gasteiger partial charge < -0.3 is 10.1 Å². The van der Waals surface area contributed by atoms with Crippen LogP contribution in [0.25, 0.3) is 0 Å². The van der Waals surface area contributed by atoms with E-state index in [1.807, 2.05) is 0 Å². The molecule has 0 aliphatic heterocycles. The van der Waals surface area contributed by atoms with Crippen molar-refractivity contribution in [2.45, 2.75) is 6.61 Å². The van der Waals surface area contributed by atoms with E-state index < -0.39 is 6.61 Å². The van der Waals surface area contributed by atoms with Crippen LogP contribution in [0.3, 0.4) is 0 Å². The van der Waals surface area contributed by atoms with E-state index >= 15 is 0 Å². The third-order valence-electron chi connectivity index (χ3n) is 1.37. The lowest BCUT2D eigenvalue weighted by Gasteiger charge is -2.07. The van der Waals surface area contributed by atoms with E-state index in [1.165, 1.54) is 18.2 Å². The molecule has 0 saturated carbocycles. The quantitative estimate of drug-likeness (QED) is 0.794. The largest absolute Gasteiger partial charge is 0.433 e. The van der Waals surface area contributed by atoms with Crippen LogP contribution in [-0.4, -0.2) is 13.0 Å². The van der Waals surface area contributed by atoms with Crippen LogP contribution >= 0.6 is 11.6 Å². The van der Waals surface area contributed by atoms with Gasteiger partial charge in [-0.1, -0.05) is 11.6 Å². The van der Waals surface area contributed by atoms with Crippen molar-refractivity contribution < 1.29 is 18.3 Å². The Morgan fingerprint density at radius 1 is 1.50 bits per heavy atom. The Balaban J connectivity index is 2.83. The number of carbonyl (C=O) groups is 1. The second kappa shape index (κ2) is 4.76. The lowest BCUT2D eigenvalue weighted by atomic mass is 10.3. The number of rotatable bonds is 4. The molecule has 0 unspecified atom stereocenters. The van der Waals surface area contributed by atoms with Gasteiger partial charge in [0.05, 0.1) is 5.02 Å². The zero-order valence-corrected chi connectivity index (χ0v) is 7.59. The highest BCUT2D eigenvalue weighted by Crippen LogP contribution is 2.28. The van der Waals surface area contributed by atoms with Crippen LogP contribution in [0.15, 0.2) is 18.2 Å². The van der Waals surface area contributed by atoms with E-state index in [2.05, 4.69) is 10.1 Å². The fourth-order valence-corrected chi connectivity index (χ4v) is 1.08. The van der Waals surface area contributed by atoms with Crippen LogP contribution in [-0.2, 0) is 4.79 Å². The number of alkyl halides is 2. The number of benzene rings is 1. The topological polar surface area (TPSA) is 38.3 Å². The van der Waals surface area contributed by atoms with Crippen molar-refractivity contribution in [2.24, 2.45) is 0 Å². The third-order valence-corrected chi connectivity index (χ3v) is 1.67. The molecule has 0 fully saturated rings. The predicted molar refractivity (Wildman–Crippen MR) is 47.8 cm³/mol. The maximum absolute atomic E-state index is 11.8. The molecule has 0 spiro atoms. The molecule has 0 bridgehead atoms. The van der Waals surface area contributed by atoms with Crippen molar-refractivity contribution >= 4 is 23.7 Å². The van der Waals surface area contributed by atoms with Crippen LogP contribution in [0.4, 0.5) is 14.5 Å². The van der Waals surface area contributed by atoms with E-state index in [1.54, 1.807) is 0 Å². The van der Waals surface area contributed by atoms with Crippen molar-refractivity contribution in [2.75, 3.05) is 5.32 Å². The van der Waals surface area contributed by atoms with Gasteiger partial charge in [0.1, 0.15) is 5.75 Å². The first-order chi connectivity index (χ1) is 6.63. The summed E-state index contributed by atoms with van der Waals surface area (Å²) in [7, 11) is 0. The monoisotopic (exact) mass is 221 g/mol. The highest BCUT2D eigenvalue weighted by atomic mass is 35.5.